The molecule has 0 bridgehead atoms. The number of rotatable bonds is 7. The van der Waals surface area contributed by atoms with Crippen molar-refractivity contribution in [3.05, 3.63) is 24.3 Å². The van der Waals surface area contributed by atoms with E-state index in [1.807, 2.05) is 6.92 Å². The Labute approximate surface area is 149 Å². The van der Waals surface area contributed by atoms with Gasteiger partial charge in [-0.3, -0.25) is 9.59 Å². The number of piperidine rings is 1. The monoisotopic (exact) mass is 349 g/mol. The number of likely N-dealkylation sites (tertiary alicyclic amines) is 1. The second-order valence-corrected chi connectivity index (χ2v) is 6.04. The van der Waals surface area contributed by atoms with Gasteiger partial charge in [0.1, 0.15) is 11.5 Å². The third kappa shape index (κ3) is 5.11. The molecule has 1 aliphatic rings. The van der Waals surface area contributed by atoms with Crippen molar-refractivity contribution in [3.8, 4) is 11.5 Å². The third-order valence-corrected chi connectivity index (χ3v) is 4.41. The van der Waals surface area contributed by atoms with Crippen molar-refractivity contribution in [2.75, 3.05) is 26.8 Å². The zero-order valence-electron chi connectivity index (χ0n) is 15.2. The number of carbonyl (C=O) groups is 2. The van der Waals surface area contributed by atoms with E-state index in [1.165, 1.54) is 0 Å². The van der Waals surface area contributed by atoms with Crippen LogP contribution in [-0.4, -0.2) is 49.7 Å². The molecule has 0 N–H and O–H groups in total. The summed E-state index contributed by atoms with van der Waals surface area (Å²) in [5.41, 5.74) is 0. The lowest BCUT2D eigenvalue weighted by atomic mass is 9.96. The van der Waals surface area contributed by atoms with Crippen molar-refractivity contribution >= 4 is 11.9 Å². The largest absolute Gasteiger partial charge is 0.497 e. The van der Waals surface area contributed by atoms with Gasteiger partial charge in [0.15, 0.2) is 6.10 Å². The molecule has 0 spiro atoms. The molecule has 2 rings (SSSR count). The average molecular weight is 349 g/mol. The van der Waals surface area contributed by atoms with Gasteiger partial charge in [-0.25, -0.2) is 0 Å². The van der Waals surface area contributed by atoms with E-state index in [9.17, 15) is 9.59 Å². The number of amides is 1. The Bertz CT molecular complexity index is 564. The van der Waals surface area contributed by atoms with E-state index in [0.29, 0.717) is 44.7 Å². The highest BCUT2D eigenvalue weighted by Gasteiger charge is 2.31. The first-order valence-electron chi connectivity index (χ1n) is 8.85. The van der Waals surface area contributed by atoms with Gasteiger partial charge in [-0.2, -0.15) is 0 Å². The fraction of sp³-hybridized carbons (Fsp3) is 0.579. The molecule has 0 radical (unpaired) electrons. The summed E-state index contributed by atoms with van der Waals surface area (Å²) < 4.78 is 16.0. The number of ether oxygens (including phenoxy) is 3. The predicted molar refractivity (Wildman–Crippen MR) is 93.6 cm³/mol. The second-order valence-electron chi connectivity index (χ2n) is 6.04. The van der Waals surface area contributed by atoms with Crippen molar-refractivity contribution in [2.45, 2.75) is 39.2 Å². The van der Waals surface area contributed by atoms with Gasteiger partial charge in [0, 0.05) is 13.1 Å². The minimum absolute atomic E-state index is 0.0272. The van der Waals surface area contributed by atoms with Gasteiger partial charge in [0.2, 0.25) is 0 Å². The van der Waals surface area contributed by atoms with Crippen LogP contribution in [0.5, 0.6) is 11.5 Å². The van der Waals surface area contributed by atoms with Gasteiger partial charge >= 0.3 is 5.97 Å². The summed E-state index contributed by atoms with van der Waals surface area (Å²) in [6.07, 6.45) is 1.35. The quantitative estimate of drug-likeness (QED) is 0.708. The first-order chi connectivity index (χ1) is 12.1. The highest BCUT2D eigenvalue weighted by Crippen LogP contribution is 2.22. The molecule has 0 saturated carbocycles. The zero-order valence-corrected chi connectivity index (χ0v) is 15.2. The van der Waals surface area contributed by atoms with Crippen LogP contribution in [0.1, 0.15) is 33.1 Å². The van der Waals surface area contributed by atoms with E-state index >= 15 is 0 Å². The topological polar surface area (TPSA) is 65.1 Å². The number of hydrogen-bond acceptors (Lipinski definition) is 5. The number of nitrogens with zero attached hydrogens (tertiary/aromatic N) is 1. The minimum Gasteiger partial charge on any atom is -0.497 e. The highest BCUT2D eigenvalue weighted by molar-refractivity contribution is 5.81. The summed E-state index contributed by atoms with van der Waals surface area (Å²) in [5.74, 6) is 1.10. The summed E-state index contributed by atoms with van der Waals surface area (Å²) in [4.78, 5) is 26.3. The van der Waals surface area contributed by atoms with Gasteiger partial charge < -0.3 is 19.1 Å². The number of esters is 1. The molecule has 1 aromatic rings. The van der Waals surface area contributed by atoms with Gasteiger partial charge in [-0.1, -0.05) is 6.92 Å². The summed E-state index contributed by atoms with van der Waals surface area (Å²) in [6, 6.07) is 7.19. The molecule has 138 valence electrons. The molecule has 0 aromatic heterocycles. The molecule has 6 heteroatoms. The Morgan fingerprint density at radius 3 is 2.24 bits per heavy atom. The lowest BCUT2D eigenvalue weighted by Crippen LogP contribution is -2.46. The van der Waals surface area contributed by atoms with Crippen LogP contribution in [0, 0.1) is 5.92 Å². The van der Waals surface area contributed by atoms with Crippen molar-refractivity contribution in [1.29, 1.82) is 0 Å². The van der Waals surface area contributed by atoms with Crippen LogP contribution < -0.4 is 9.47 Å². The molecule has 1 fully saturated rings. The fourth-order valence-electron chi connectivity index (χ4n) is 2.93. The van der Waals surface area contributed by atoms with Crippen LogP contribution >= 0.6 is 0 Å². The molecular weight excluding hydrogens is 322 g/mol. The highest BCUT2D eigenvalue weighted by atomic mass is 16.5. The Morgan fingerprint density at radius 2 is 1.72 bits per heavy atom. The van der Waals surface area contributed by atoms with Gasteiger partial charge in [0.25, 0.3) is 5.91 Å². The Morgan fingerprint density at radius 1 is 1.12 bits per heavy atom. The van der Waals surface area contributed by atoms with Crippen molar-refractivity contribution in [1.82, 2.24) is 4.90 Å². The van der Waals surface area contributed by atoms with E-state index in [0.717, 1.165) is 5.75 Å². The molecule has 1 amide bonds. The number of carbonyl (C=O) groups excluding carboxylic acids is 2. The summed E-state index contributed by atoms with van der Waals surface area (Å²) in [7, 11) is 1.61. The summed E-state index contributed by atoms with van der Waals surface area (Å²) >= 11 is 0. The average Bonchev–Trinajstić information content (AvgIpc) is 2.66. The first-order valence-corrected chi connectivity index (χ1v) is 8.85. The zero-order chi connectivity index (χ0) is 18.2. The maximum atomic E-state index is 12.7. The van der Waals surface area contributed by atoms with Crippen molar-refractivity contribution in [3.63, 3.8) is 0 Å². The minimum atomic E-state index is -0.521. The Hall–Kier alpha value is -2.24. The summed E-state index contributed by atoms with van der Waals surface area (Å²) in [5, 5.41) is 0. The fourth-order valence-corrected chi connectivity index (χ4v) is 2.93. The van der Waals surface area contributed by atoms with Crippen LogP contribution in [0.2, 0.25) is 0 Å². The third-order valence-electron chi connectivity index (χ3n) is 4.41. The molecule has 1 aliphatic heterocycles. The molecule has 1 heterocycles. The number of benzene rings is 1. The summed E-state index contributed by atoms with van der Waals surface area (Å²) in [6.45, 7) is 5.25. The lowest BCUT2D eigenvalue weighted by Gasteiger charge is -2.33. The first kappa shape index (κ1) is 19.1. The van der Waals surface area contributed by atoms with E-state index in [-0.39, 0.29) is 17.8 Å². The van der Waals surface area contributed by atoms with E-state index in [4.69, 9.17) is 14.2 Å². The van der Waals surface area contributed by atoms with E-state index in [2.05, 4.69) is 0 Å². The normalized spacial score (nSPS) is 16.2. The standard InChI is InChI=1S/C19H27NO5/c1-4-17(25-16-8-6-15(23-3)7-9-16)18(21)20-12-10-14(11-13-20)19(22)24-5-2/h6-9,14,17H,4-5,10-13H2,1-3H3/t17-/m1/s1. The lowest BCUT2D eigenvalue weighted by molar-refractivity contribution is -0.152. The Kier molecular flexibility index (Phi) is 7.10. The molecule has 1 saturated heterocycles. The maximum absolute atomic E-state index is 12.7. The maximum Gasteiger partial charge on any atom is 0.309 e. The van der Waals surface area contributed by atoms with Crippen molar-refractivity contribution < 1.29 is 23.8 Å². The molecule has 0 unspecified atom stereocenters. The molecule has 1 atom stereocenters. The van der Waals surface area contributed by atoms with Crippen molar-refractivity contribution in [2.24, 2.45) is 5.92 Å². The molecular formula is C19H27NO5. The number of methoxy groups -OCH3 is 1. The second kappa shape index (κ2) is 9.30. The van der Waals surface area contributed by atoms with Crippen LogP contribution in [-0.2, 0) is 14.3 Å². The van der Waals surface area contributed by atoms with Gasteiger partial charge in [-0.05, 0) is 50.5 Å². The SMILES string of the molecule is CCOC(=O)C1CCN(C(=O)[C@@H](CC)Oc2ccc(OC)cc2)CC1. The van der Waals surface area contributed by atoms with Crippen LogP contribution in [0.25, 0.3) is 0 Å². The smallest absolute Gasteiger partial charge is 0.309 e. The molecule has 0 aliphatic carbocycles. The predicted octanol–water partition coefficient (Wildman–Crippen LogP) is 2.65. The van der Waals surface area contributed by atoms with Crippen LogP contribution in [0.15, 0.2) is 24.3 Å². The molecule has 25 heavy (non-hydrogen) atoms. The van der Waals surface area contributed by atoms with Gasteiger partial charge in [-0.15, -0.1) is 0 Å². The van der Waals surface area contributed by atoms with Crippen LogP contribution in [0.3, 0.4) is 0 Å². The van der Waals surface area contributed by atoms with Crippen LogP contribution in [0.4, 0.5) is 0 Å². The van der Waals surface area contributed by atoms with E-state index in [1.54, 1.807) is 43.2 Å². The molecule has 6 nitrogen and oxygen atoms in total. The Balaban J connectivity index is 1.90. The molecule has 1 aromatic carbocycles. The van der Waals surface area contributed by atoms with Gasteiger partial charge in [0.05, 0.1) is 19.6 Å². The number of hydrogen-bond donors (Lipinski definition) is 0. The van der Waals surface area contributed by atoms with E-state index < -0.39 is 6.10 Å².